The molecule has 0 radical (unpaired) electrons. The lowest BCUT2D eigenvalue weighted by Gasteiger charge is -2.46. The van der Waals surface area contributed by atoms with Crippen LogP contribution in [0.5, 0.6) is 0 Å². The molecule has 5 fully saturated rings. The summed E-state index contributed by atoms with van der Waals surface area (Å²) in [5, 5.41) is 7.78. The summed E-state index contributed by atoms with van der Waals surface area (Å²) in [6, 6.07) is -8.87. The molecule has 2 aliphatic carbocycles. The Morgan fingerprint density at radius 2 is 1.25 bits per heavy atom. The van der Waals surface area contributed by atoms with E-state index in [4.69, 9.17) is 0 Å². The molecule has 566 valence electrons. The maximum atomic E-state index is 16.0. The van der Waals surface area contributed by atoms with E-state index >= 15 is 36.7 Å². The molecular formula is C70H95F10N11O11. The zero-order chi connectivity index (χ0) is 76.2. The van der Waals surface area contributed by atoms with Gasteiger partial charge in [-0.3, -0.25) is 52.7 Å². The molecule has 3 aliphatic heterocycles. The van der Waals surface area contributed by atoms with E-state index in [1.54, 1.807) is 20.8 Å². The van der Waals surface area contributed by atoms with E-state index < -0.39 is 222 Å². The first-order chi connectivity index (χ1) is 47.5. The van der Waals surface area contributed by atoms with Crippen molar-refractivity contribution in [1.82, 2.24) is 55.1 Å². The summed E-state index contributed by atoms with van der Waals surface area (Å²) in [5.41, 5.74) is -5.60. The van der Waals surface area contributed by atoms with Gasteiger partial charge in [-0.15, -0.1) is 0 Å². The minimum absolute atomic E-state index is 0.00918. The summed E-state index contributed by atoms with van der Waals surface area (Å²) in [6.07, 6.45) is -11.1. The van der Waals surface area contributed by atoms with Crippen molar-refractivity contribution in [3.05, 3.63) is 70.3 Å². The topological polar surface area (TPSA) is 250 Å². The molecule has 102 heavy (non-hydrogen) atoms. The SMILES string of the molecule is CC[C@H](C)[C@@H]1NC(=O)[C@H](CC(C)C)N(C)C(=O)C[C@@H](C)N(C)C(=O)[C@H](C2CCCC2)N(C)C(=O)C2(CCC2)NC(=O)[C@@H]2CC(F)(F)CN2C(=O)[C@H](CCc2cc(F)c(C(F)(F)F)c(F)c2)NC(=O)CN(C)C(=O)[C@H](Cc2ccc(C(F)(F)F)cc2)N(CC)C(=O)[C@@H]2CCN2C(=O)[C@H](C)N(C)C1=O. The van der Waals surface area contributed by atoms with Crippen LogP contribution >= 0.6 is 0 Å². The van der Waals surface area contributed by atoms with Gasteiger partial charge in [-0.2, -0.15) is 26.3 Å². The molecular weight excluding hydrogens is 1360 g/mol. The molecule has 2 aromatic carbocycles. The Balaban J connectivity index is 1.31. The number of hydrogen-bond acceptors (Lipinski definition) is 11. The highest BCUT2D eigenvalue weighted by Crippen LogP contribution is 2.41. The maximum Gasteiger partial charge on any atom is 0.422 e. The van der Waals surface area contributed by atoms with Gasteiger partial charge in [0.05, 0.1) is 18.7 Å². The first kappa shape index (κ1) is 81.2. The van der Waals surface area contributed by atoms with Crippen molar-refractivity contribution in [2.45, 2.75) is 223 Å². The minimum Gasteiger partial charge on any atom is -0.343 e. The summed E-state index contributed by atoms with van der Waals surface area (Å²) in [6.45, 7) is 8.68. The van der Waals surface area contributed by atoms with Crippen LogP contribution in [0.1, 0.15) is 154 Å². The molecule has 2 aromatic rings. The van der Waals surface area contributed by atoms with Crippen molar-refractivity contribution in [2.75, 3.05) is 61.4 Å². The number of hydrogen-bond donors (Lipinski definition) is 3. The first-order valence-electron chi connectivity index (χ1n) is 34.7. The lowest BCUT2D eigenvalue weighted by Crippen LogP contribution is -2.68. The Morgan fingerprint density at radius 3 is 1.76 bits per heavy atom. The number of likely N-dealkylation sites (N-methyl/N-ethyl adjacent to an activating group) is 6. The number of amides is 11. The lowest BCUT2D eigenvalue weighted by atomic mass is 9.74. The highest BCUT2D eigenvalue weighted by Gasteiger charge is 2.56. The second-order valence-corrected chi connectivity index (χ2v) is 28.7. The highest BCUT2D eigenvalue weighted by molar-refractivity contribution is 6.00. The van der Waals surface area contributed by atoms with Gasteiger partial charge in [0.2, 0.25) is 65.0 Å². The molecule has 3 saturated heterocycles. The van der Waals surface area contributed by atoms with E-state index in [-0.39, 0.29) is 56.7 Å². The van der Waals surface area contributed by atoms with Crippen LogP contribution in [0.25, 0.3) is 0 Å². The first-order valence-corrected chi connectivity index (χ1v) is 34.7. The van der Waals surface area contributed by atoms with Gasteiger partial charge in [-0.05, 0) is 132 Å². The number of aryl methyl sites for hydroxylation is 1. The molecule has 0 bridgehead atoms. The van der Waals surface area contributed by atoms with E-state index in [0.717, 1.165) is 50.9 Å². The molecule has 22 nitrogen and oxygen atoms in total. The Labute approximate surface area is 587 Å². The Kier molecular flexibility index (Phi) is 26.0. The third-order valence-corrected chi connectivity index (χ3v) is 21.2. The van der Waals surface area contributed by atoms with Crippen molar-refractivity contribution in [2.24, 2.45) is 17.8 Å². The van der Waals surface area contributed by atoms with Gasteiger partial charge in [-0.25, -0.2) is 17.6 Å². The predicted octanol–water partition coefficient (Wildman–Crippen LogP) is 6.73. The van der Waals surface area contributed by atoms with Gasteiger partial charge < -0.3 is 55.1 Å². The standard InChI is InChI=1S/C70H95F10N11O11/c1-13-39(5)56-64(100)86(10)41(7)60(96)90-29-26-49(90)63(99)89(14-2)51(34-42-20-23-45(24-21-42)69(75,76)77)62(98)84(8)36-53(92)81-48(25-22-43-32-46(71)55(47(72)33-43)70(78,79)80)61(97)91-37-68(73,74)35-52(91)59(95)83-67(27-17-28-67)66(102)88(12)57(44-18-15-16-19-44)65(101)85(9)40(6)31-54(93)87(11)50(30-38(3)4)58(94)82-56/h20-21,23-24,32-33,38-41,44,48-52,56-57H,13-19,22,25-31,34-37H2,1-12H3,(H,81,92)(H,82,94)(H,83,95)/t39-,40+,41-,48-,49-,50-,51-,52-,56-,57-/m0/s1. The fourth-order valence-corrected chi connectivity index (χ4v) is 14.3. The average Bonchev–Trinajstić information content (AvgIpc) is 1.32. The van der Waals surface area contributed by atoms with Gasteiger partial charge in [0.1, 0.15) is 71.1 Å². The smallest absolute Gasteiger partial charge is 0.343 e. The molecule has 3 N–H and O–H groups in total. The summed E-state index contributed by atoms with van der Waals surface area (Å²) in [5.74, 6) is -19.1. The minimum atomic E-state index is -5.50. The number of rotatable bonds is 11. The molecule has 5 aliphatic rings. The Bertz CT molecular complexity index is 3440. The van der Waals surface area contributed by atoms with Crippen LogP contribution in [0.2, 0.25) is 0 Å². The van der Waals surface area contributed by atoms with Crippen LogP contribution < -0.4 is 16.0 Å². The van der Waals surface area contributed by atoms with E-state index in [2.05, 4.69) is 16.0 Å². The number of carbonyl (C=O) groups is 11. The molecule has 2 saturated carbocycles. The van der Waals surface area contributed by atoms with Crippen molar-refractivity contribution >= 4 is 65.0 Å². The van der Waals surface area contributed by atoms with Crippen LogP contribution in [0, 0.1) is 29.4 Å². The number of fused-ring (bicyclic) bond motifs is 2. The fourth-order valence-electron chi connectivity index (χ4n) is 14.3. The summed E-state index contributed by atoms with van der Waals surface area (Å²) in [4.78, 5) is 171. The van der Waals surface area contributed by atoms with Crippen LogP contribution in [-0.4, -0.2) is 231 Å². The summed E-state index contributed by atoms with van der Waals surface area (Å²) in [7, 11) is 6.61. The van der Waals surface area contributed by atoms with Crippen molar-refractivity contribution < 1.29 is 96.6 Å². The molecule has 32 heteroatoms. The van der Waals surface area contributed by atoms with Gasteiger partial charge in [0.25, 0.3) is 5.92 Å². The normalized spacial score (nSPS) is 27.0. The van der Waals surface area contributed by atoms with Gasteiger partial charge in [0, 0.05) is 73.6 Å². The number of halogens is 10. The Morgan fingerprint density at radius 1 is 0.637 bits per heavy atom. The summed E-state index contributed by atoms with van der Waals surface area (Å²) >= 11 is 0. The largest absolute Gasteiger partial charge is 0.422 e. The Hall–Kier alpha value is -8.09. The van der Waals surface area contributed by atoms with E-state index in [1.165, 1.54) is 56.7 Å². The van der Waals surface area contributed by atoms with Crippen LogP contribution in [-0.2, 0) is 77.9 Å². The second-order valence-electron chi connectivity index (χ2n) is 28.7. The lowest BCUT2D eigenvalue weighted by molar-refractivity contribution is -0.160. The fraction of sp³-hybridized carbons (Fsp3) is 0.671. The number of nitrogens with one attached hydrogen (secondary N) is 3. The summed E-state index contributed by atoms with van der Waals surface area (Å²) < 4.78 is 145. The average molecular weight is 1460 g/mol. The zero-order valence-corrected chi connectivity index (χ0v) is 59.7. The maximum absolute atomic E-state index is 16.0. The number of alkyl halides is 8. The number of carbonyl (C=O) groups excluding carboxylic acids is 11. The van der Waals surface area contributed by atoms with Crippen LogP contribution in [0.3, 0.4) is 0 Å². The van der Waals surface area contributed by atoms with Crippen molar-refractivity contribution in [3.8, 4) is 0 Å². The quantitative estimate of drug-likeness (QED) is 0.199. The van der Waals surface area contributed by atoms with Crippen molar-refractivity contribution in [1.29, 1.82) is 0 Å². The van der Waals surface area contributed by atoms with Crippen molar-refractivity contribution in [3.63, 3.8) is 0 Å². The van der Waals surface area contributed by atoms with Gasteiger partial charge >= 0.3 is 12.4 Å². The monoisotopic (exact) mass is 1460 g/mol. The molecule has 11 amide bonds. The van der Waals surface area contributed by atoms with E-state index in [0.29, 0.717) is 55.6 Å². The van der Waals surface area contributed by atoms with Gasteiger partial charge in [0.15, 0.2) is 0 Å². The number of nitrogens with zero attached hydrogens (tertiary/aromatic N) is 8. The second kappa shape index (κ2) is 32.7. The molecule has 10 atom stereocenters. The highest BCUT2D eigenvalue weighted by atomic mass is 19.4. The molecule has 0 unspecified atom stereocenters. The zero-order valence-electron chi connectivity index (χ0n) is 59.7. The van der Waals surface area contributed by atoms with Crippen LogP contribution in [0.4, 0.5) is 43.9 Å². The molecule has 1 spiro atoms. The predicted molar refractivity (Wildman–Crippen MR) is 350 cm³/mol. The van der Waals surface area contributed by atoms with E-state index in [1.807, 2.05) is 13.8 Å². The third-order valence-electron chi connectivity index (χ3n) is 21.2. The number of benzene rings is 2. The molecule has 7 rings (SSSR count). The molecule has 3 heterocycles. The van der Waals surface area contributed by atoms with E-state index in [9.17, 15) is 59.9 Å². The van der Waals surface area contributed by atoms with Crippen LogP contribution in [0.15, 0.2) is 36.4 Å². The molecule has 0 aromatic heterocycles. The van der Waals surface area contributed by atoms with Gasteiger partial charge in [-0.1, -0.05) is 59.1 Å². The third kappa shape index (κ3) is 18.3.